The molecule has 0 aliphatic carbocycles. The number of hydrogen-bond acceptors (Lipinski definition) is 0. The summed E-state index contributed by atoms with van der Waals surface area (Å²) >= 11 is 1.43. The van der Waals surface area contributed by atoms with Crippen molar-refractivity contribution in [3.8, 4) is 0 Å². The van der Waals surface area contributed by atoms with Gasteiger partial charge in [0.15, 0.2) is 0 Å². The third-order valence-corrected chi connectivity index (χ3v) is 9.90. The molecule has 0 nitrogen and oxygen atoms in total. The molecular formula is C32H43HfSi. The van der Waals surface area contributed by atoms with Crippen LogP contribution >= 0.6 is 0 Å². The first-order chi connectivity index (χ1) is 16.4. The van der Waals surface area contributed by atoms with Crippen molar-refractivity contribution >= 4 is 27.8 Å². The van der Waals surface area contributed by atoms with Crippen LogP contribution < -0.4 is 0 Å². The van der Waals surface area contributed by atoms with Crippen molar-refractivity contribution in [2.45, 2.75) is 93.0 Å². The Hall–Kier alpha value is -1.25. The second kappa shape index (κ2) is 15.0. The van der Waals surface area contributed by atoms with Gasteiger partial charge < -0.3 is 0 Å². The minimum Gasteiger partial charge on any atom is -0.165 e. The molecule has 0 aliphatic heterocycles. The average Bonchev–Trinajstić information content (AvgIpc) is 3.44. The molecule has 4 aromatic carbocycles. The van der Waals surface area contributed by atoms with E-state index >= 15 is 0 Å². The van der Waals surface area contributed by atoms with Crippen molar-refractivity contribution in [3.63, 3.8) is 0 Å². The Morgan fingerprint density at radius 2 is 1.03 bits per heavy atom. The predicted molar refractivity (Wildman–Crippen MR) is 152 cm³/mol. The van der Waals surface area contributed by atoms with Gasteiger partial charge in [-0.25, -0.2) is 0 Å². The van der Waals surface area contributed by atoms with Gasteiger partial charge in [0.05, 0.1) is 0 Å². The number of benzene rings is 2. The van der Waals surface area contributed by atoms with Crippen LogP contribution in [0.25, 0.3) is 21.5 Å². The Morgan fingerprint density at radius 1 is 0.647 bits per heavy atom. The van der Waals surface area contributed by atoms with Gasteiger partial charge >= 0.3 is 55.0 Å². The molecule has 34 heavy (non-hydrogen) atoms. The molecule has 0 heterocycles. The van der Waals surface area contributed by atoms with Crippen LogP contribution in [0.4, 0.5) is 0 Å². The van der Waals surface area contributed by atoms with Crippen molar-refractivity contribution in [2.24, 2.45) is 0 Å². The summed E-state index contributed by atoms with van der Waals surface area (Å²) in [6, 6.07) is 19.9. The summed E-state index contributed by atoms with van der Waals surface area (Å²) in [6.07, 6.45) is 8.66. The number of aryl methyl sites for hydroxylation is 6. The van der Waals surface area contributed by atoms with E-state index in [0.29, 0.717) is 0 Å². The van der Waals surface area contributed by atoms with Gasteiger partial charge in [-0.1, -0.05) is 77.6 Å². The van der Waals surface area contributed by atoms with Gasteiger partial charge in [0.25, 0.3) is 0 Å². The van der Waals surface area contributed by atoms with Crippen LogP contribution in [0.1, 0.15) is 80.8 Å². The quantitative estimate of drug-likeness (QED) is 0.108. The molecule has 0 atom stereocenters. The van der Waals surface area contributed by atoms with Crippen LogP contribution in [-0.4, -0.2) is 6.22 Å². The van der Waals surface area contributed by atoms with Gasteiger partial charge in [0.2, 0.25) is 0 Å². The van der Waals surface area contributed by atoms with E-state index in [4.69, 9.17) is 0 Å². The molecule has 0 unspecified atom stereocenters. The van der Waals surface area contributed by atoms with Gasteiger partial charge in [-0.3, -0.25) is 0 Å². The zero-order valence-electron chi connectivity index (χ0n) is 22.6. The minimum atomic E-state index is 1.13. The summed E-state index contributed by atoms with van der Waals surface area (Å²) in [6.45, 7) is 15.5. The molecule has 0 saturated carbocycles. The Bertz CT molecular complexity index is 1000. The van der Waals surface area contributed by atoms with Crippen LogP contribution in [0.2, 0.25) is 6.04 Å². The second-order valence-electron chi connectivity index (χ2n) is 9.18. The van der Waals surface area contributed by atoms with Crippen LogP contribution in [0.3, 0.4) is 0 Å². The van der Waals surface area contributed by atoms with E-state index in [-0.39, 0.29) is 0 Å². The molecule has 0 fully saturated rings. The molecule has 0 saturated heterocycles. The molecule has 2 heteroatoms. The van der Waals surface area contributed by atoms with Crippen molar-refractivity contribution in [2.75, 3.05) is 0 Å². The van der Waals surface area contributed by atoms with E-state index in [1.54, 1.807) is 0 Å². The topological polar surface area (TPSA) is 0 Å². The number of rotatable bonds is 7. The molecule has 0 aromatic heterocycles. The second-order valence-corrected chi connectivity index (χ2v) is 13.8. The zero-order valence-corrected chi connectivity index (χ0v) is 27.2. The van der Waals surface area contributed by atoms with E-state index in [1.807, 2.05) is 0 Å². The summed E-state index contributed by atoms with van der Waals surface area (Å²) in [4.78, 5) is 0. The van der Waals surface area contributed by atoms with E-state index < -0.39 is 0 Å². The molecule has 1 radical (unpaired) electrons. The standard InChI is InChI=1S/2C14H17.C4H9Si.Hf/c2*1-4-11-6-7-12(5-2)14-9-10(3)8-13(11)14;1-2-3-4-5;/h2*6-9H,4-5H2,1-3H3;2-4H2,1H3;/q2*-1;;+2. The van der Waals surface area contributed by atoms with E-state index in [0.717, 1.165) is 25.7 Å². The Balaban J connectivity index is 0.000000196. The molecule has 179 valence electrons. The van der Waals surface area contributed by atoms with Crippen molar-refractivity contribution < 1.29 is 23.0 Å². The van der Waals surface area contributed by atoms with Crippen LogP contribution in [0.5, 0.6) is 0 Å². The maximum atomic E-state index is 2.31. The molecule has 0 N–H and O–H groups in total. The summed E-state index contributed by atoms with van der Waals surface area (Å²) in [7, 11) is 0. The molecule has 0 bridgehead atoms. The molecular weight excluding hydrogens is 591 g/mol. The van der Waals surface area contributed by atoms with E-state index in [9.17, 15) is 0 Å². The average molecular weight is 634 g/mol. The number of unbranched alkanes of at least 4 members (excludes halogenated alkanes) is 1. The van der Waals surface area contributed by atoms with Crippen molar-refractivity contribution in [3.05, 3.63) is 81.9 Å². The minimum absolute atomic E-state index is 1.13. The largest absolute Gasteiger partial charge is 0.165 e. The van der Waals surface area contributed by atoms with Gasteiger partial charge in [-0.05, 0) is 12.8 Å². The molecule has 0 aliphatic rings. The fourth-order valence-electron chi connectivity index (χ4n) is 4.63. The summed E-state index contributed by atoms with van der Waals surface area (Å²) in [5.74, 6) is 0. The van der Waals surface area contributed by atoms with Crippen LogP contribution in [-0.2, 0) is 48.7 Å². The maximum Gasteiger partial charge on any atom is -0.0397 e. The summed E-state index contributed by atoms with van der Waals surface area (Å²) < 4.78 is 0. The van der Waals surface area contributed by atoms with Gasteiger partial charge in [0.1, 0.15) is 0 Å². The Labute approximate surface area is 224 Å². The first-order valence-corrected chi connectivity index (χ1v) is 19.8. The van der Waals surface area contributed by atoms with Crippen LogP contribution in [0, 0.1) is 13.8 Å². The first kappa shape index (κ1) is 29.0. The summed E-state index contributed by atoms with van der Waals surface area (Å²) in [5, 5.41) is 5.85. The normalized spacial score (nSPS) is 10.6. The number of hydrogen-bond donors (Lipinski definition) is 0. The van der Waals surface area contributed by atoms with E-state index in [2.05, 4.69) is 97.0 Å². The molecule has 4 aromatic rings. The van der Waals surface area contributed by atoms with Crippen molar-refractivity contribution in [1.82, 2.24) is 0 Å². The summed E-state index contributed by atoms with van der Waals surface area (Å²) in [5.41, 5.74) is 8.68. The molecule has 4 rings (SSSR count). The van der Waals surface area contributed by atoms with Gasteiger partial charge in [-0.15, -0.1) is 68.1 Å². The monoisotopic (exact) mass is 635 g/mol. The maximum absolute atomic E-state index is 2.31. The van der Waals surface area contributed by atoms with Crippen molar-refractivity contribution in [1.29, 1.82) is 0 Å². The zero-order chi connectivity index (χ0) is 25.1. The predicted octanol–water partition coefficient (Wildman–Crippen LogP) is 9.35. The fourth-order valence-corrected chi connectivity index (χ4v) is 7.06. The number of fused-ring (bicyclic) bond motifs is 2. The Kier molecular flexibility index (Phi) is 12.8. The fraction of sp³-hybridized carbons (Fsp3) is 0.438. The molecule has 0 amide bonds. The van der Waals surface area contributed by atoms with Crippen LogP contribution in [0.15, 0.2) is 48.5 Å². The first-order valence-electron chi connectivity index (χ1n) is 13.2. The third-order valence-electron chi connectivity index (χ3n) is 6.60. The third kappa shape index (κ3) is 7.62. The smallest absolute Gasteiger partial charge is 0.0397 e. The van der Waals surface area contributed by atoms with Gasteiger partial charge in [0, 0.05) is 0 Å². The molecule has 0 spiro atoms. The SMILES string of the molecule is CCCC[Si]=[Hf+2].CCc1ccc(CC)c2[cH-]c(C)cc12.CCc1ccc(CC)c2[cH-]c(C)cc12. The Morgan fingerprint density at radius 3 is 1.32 bits per heavy atom. The van der Waals surface area contributed by atoms with E-state index in [1.165, 1.54) is 103 Å². The van der Waals surface area contributed by atoms with Gasteiger partial charge in [-0.2, -0.15) is 12.1 Å².